The summed E-state index contributed by atoms with van der Waals surface area (Å²) in [5.74, 6) is 1.36. The van der Waals surface area contributed by atoms with E-state index in [1.54, 1.807) is 19.7 Å². The van der Waals surface area contributed by atoms with Gasteiger partial charge < -0.3 is 14.8 Å². The van der Waals surface area contributed by atoms with Crippen molar-refractivity contribution in [3.05, 3.63) is 29.3 Å². The van der Waals surface area contributed by atoms with E-state index in [0.717, 1.165) is 15.7 Å². The fourth-order valence-electron chi connectivity index (χ4n) is 2.01. The highest BCUT2D eigenvalue weighted by molar-refractivity contribution is 8.02. The van der Waals surface area contributed by atoms with Gasteiger partial charge in [-0.25, -0.2) is 0 Å². The van der Waals surface area contributed by atoms with Gasteiger partial charge in [0.1, 0.15) is 17.0 Å². The molecule has 0 saturated carbocycles. The fraction of sp³-hybridized carbons (Fsp3) is 0.400. The molecule has 0 saturated heterocycles. The molecule has 0 aliphatic carbocycles. The minimum atomic E-state index is -0.262. The van der Waals surface area contributed by atoms with Crippen LogP contribution in [0.2, 0.25) is 0 Å². The van der Waals surface area contributed by atoms with Gasteiger partial charge in [0.25, 0.3) is 0 Å². The lowest BCUT2D eigenvalue weighted by Crippen LogP contribution is -2.33. The van der Waals surface area contributed by atoms with E-state index in [1.165, 1.54) is 23.1 Å². The largest absolute Gasteiger partial charge is 0.497 e. The molecule has 2 atom stereocenters. The first-order chi connectivity index (χ1) is 11.0. The highest BCUT2D eigenvalue weighted by atomic mass is 32.2. The molecular weight excluding hydrogens is 334 g/mol. The highest BCUT2D eigenvalue weighted by Gasteiger charge is 2.20. The molecule has 1 N–H and O–H groups in total. The van der Waals surface area contributed by atoms with Gasteiger partial charge in [0.15, 0.2) is 4.34 Å². The first-order valence-electron chi connectivity index (χ1n) is 7.00. The molecular formula is C15H19N3O3S2. The van der Waals surface area contributed by atoms with Crippen molar-refractivity contribution < 1.29 is 14.3 Å². The van der Waals surface area contributed by atoms with Gasteiger partial charge in [-0.1, -0.05) is 23.1 Å². The highest BCUT2D eigenvalue weighted by Crippen LogP contribution is 2.30. The third-order valence-corrected chi connectivity index (χ3v) is 5.16. The van der Waals surface area contributed by atoms with E-state index in [4.69, 9.17) is 9.47 Å². The number of thioether (sulfide) groups is 1. The number of ether oxygens (including phenoxy) is 2. The van der Waals surface area contributed by atoms with Gasteiger partial charge in [-0.15, -0.1) is 10.2 Å². The standard InChI is InChI=1S/C15H19N3O3S2/c1-9(12-7-11(20-3)5-6-13(12)21-4)17-14(19)10(2)23-15-18-16-8-22-15/h5-10H,1-4H3,(H,17,19)/t9-,10+/m0/s1. The smallest absolute Gasteiger partial charge is 0.233 e. The zero-order valence-corrected chi connectivity index (χ0v) is 15.0. The molecule has 1 amide bonds. The van der Waals surface area contributed by atoms with E-state index >= 15 is 0 Å². The lowest BCUT2D eigenvalue weighted by molar-refractivity contribution is -0.120. The van der Waals surface area contributed by atoms with E-state index in [9.17, 15) is 4.79 Å². The second-order valence-electron chi connectivity index (χ2n) is 4.80. The monoisotopic (exact) mass is 353 g/mol. The second-order valence-corrected chi connectivity index (χ2v) is 7.22. The molecule has 2 rings (SSSR count). The maximum atomic E-state index is 12.4. The van der Waals surface area contributed by atoms with Gasteiger partial charge >= 0.3 is 0 Å². The lowest BCUT2D eigenvalue weighted by Gasteiger charge is -2.20. The summed E-state index contributed by atoms with van der Waals surface area (Å²) in [5.41, 5.74) is 2.52. The predicted octanol–water partition coefficient (Wildman–Crippen LogP) is 2.91. The minimum Gasteiger partial charge on any atom is -0.497 e. The normalized spacial score (nSPS) is 13.2. The SMILES string of the molecule is COc1ccc(OC)c([C@H](C)NC(=O)[C@@H](C)Sc2nncs2)c1. The molecule has 8 heteroatoms. The number of nitrogens with one attached hydrogen (secondary N) is 1. The van der Waals surface area contributed by atoms with Crippen LogP contribution in [0, 0.1) is 0 Å². The fourth-order valence-corrected chi connectivity index (χ4v) is 3.64. The third-order valence-electron chi connectivity index (χ3n) is 3.25. The van der Waals surface area contributed by atoms with E-state index in [2.05, 4.69) is 15.5 Å². The van der Waals surface area contributed by atoms with Crippen LogP contribution >= 0.6 is 23.1 Å². The number of hydrogen-bond donors (Lipinski definition) is 1. The summed E-state index contributed by atoms with van der Waals surface area (Å²) in [6, 6.07) is 5.32. The number of carbonyl (C=O) groups excluding carboxylic acids is 1. The molecule has 23 heavy (non-hydrogen) atoms. The van der Waals surface area contributed by atoms with Gasteiger partial charge in [-0.05, 0) is 32.0 Å². The Kier molecular flexibility index (Phi) is 6.23. The average Bonchev–Trinajstić information content (AvgIpc) is 3.06. The summed E-state index contributed by atoms with van der Waals surface area (Å²) >= 11 is 2.81. The van der Waals surface area contributed by atoms with Crippen molar-refractivity contribution in [2.45, 2.75) is 29.5 Å². The Labute approximate surface area is 143 Å². The second kappa shape index (κ2) is 8.16. The van der Waals surface area contributed by atoms with E-state index in [1.807, 2.05) is 32.0 Å². The molecule has 0 unspecified atom stereocenters. The molecule has 124 valence electrons. The van der Waals surface area contributed by atoms with Crippen molar-refractivity contribution in [1.82, 2.24) is 15.5 Å². The molecule has 1 heterocycles. The summed E-state index contributed by atoms with van der Waals surface area (Å²) < 4.78 is 11.4. The topological polar surface area (TPSA) is 73.3 Å². The predicted molar refractivity (Wildman–Crippen MR) is 91.3 cm³/mol. The Bertz CT molecular complexity index is 649. The summed E-state index contributed by atoms with van der Waals surface area (Å²) in [6.45, 7) is 3.76. The molecule has 0 fully saturated rings. The van der Waals surface area contributed by atoms with Crippen LogP contribution in [-0.2, 0) is 4.79 Å². The van der Waals surface area contributed by atoms with Crippen LogP contribution in [0.3, 0.4) is 0 Å². The summed E-state index contributed by atoms with van der Waals surface area (Å²) in [5, 5.41) is 10.4. The Balaban J connectivity index is 2.05. The molecule has 0 aliphatic heterocycles. The Morgan fingerprint density at radius 1 is 1.30 bits per heavy atom. The van der Waals surface area contributed by atoms with Gasteiger partial charge in [0, 0.05) is 5.56 Å². The molecule has 2 aromatic rings. The lowest BCUT2D eigenvalue weighted by atomic mass is 10.1. The maximum Gasteiger partial charge on any atom is 0.233 e. The zero-order valence-electron chi connectivity index (χ0n) is 13.4. The molecule has 0 radical (unpaired) electrons. The maximum absolute atomic E-state index is 12.4. The minimum absolute atomic E-state index is 0.0671. The van der Waals surface area contributed by atoms with Crippen LogP contribution in [0.4, 0.5) is 0 Å². The number of hydrogen-bond acceptors (Lipinski definition) is 7. The number of benzene rings is 1. The Morgan fingerprint density at radius 2 is 2.09 bits per heavy atom. The first-order valence-corrected chi connectivity index (χ1v) is 8.76. The van der Waals surface area contributed by atoms with Crippen molar-refractivity contribution >= 4 is 29.0 Å². The first kappa shape index (κ1) is 17.6. The van der Waals surface area contributed by atoms with Gasteiger partial charge in [-0.2, -0.15) is 0 Å². The zero-order chi connectivity index (χ0) is 16.8. The van der Waals surface area contributed by atoms with E-state index < -0.39 is 0 Å². The van der Waals surface area contributed by atoms with Crippen LogP contribution in [0.1, 0.15) is 25.5 Å². The summed E-state index contributed by atoms with van der Waals surface area (Å²) in [4.78, 5) is 12.4. The Morgan fingerprint density at radius 3 is 2.70 bits per heavy atom. The van der Waals surface area contributed by atoms with Crippen LogP contribution < -0.4 is 14.8 Å². The quantitative estimate of drug-likeness (QED) is 0.772. The number of aromatic nitrogens is 2. The van der Waals surface area contributed by atoms with Crippen molar-refractivity contribution in [2.24, 2.45) is 0 Å². The van der Waals surface area contributed by atoms with Gasteiger partial charge in [-0.3, -0.25) is 4.79 Å². The number of carbonyl (C=O) groups is 1. The molecule has 0 spiro atoms. The van der Waals surface area contributed by atoms with Crippen molar-refractivity contribution in [1.29, 1.82) is 0 Å². The van der Waals surface area contributed by atoms with Crippen LogP contribution in [0.5, 0.6) is 11.5 Å². The van der Waals surface area contributed by atoms with Gasteiger partial charge in [0.05, 0.1) is 25.5 Å². The summed E-state index contributed by atoms with van der Waals surface area (Å²) in [6.07, 6.45) is 0. The summed E-state index contributed by atoms with van der Waals surface area (Å²) in [7, 11) is 3.21. The third kappa shape index (κ3) is 4.59. The van der Waals surface area contributed by atoms with Crippen molar-refractivity contribution in [2.75, 3.05) is 14.2 Å². The molecule has 0 aliphatic rings. The number of methoxy groups -OCH3 is 2. The Hall–Kier alpha value is -1.80. The van der Waals surface area contributed by atoms with Gasteiger partial charge in [0.2, 0.25) is 5.91 Å². The van der Waals surface area contributed by atoms with Crippen LogP contribution in [0.15, 0.2) is 28.0 Å². The molecule has 6 nitrogen and oxygen atoms in total. The van der Waals surface area contributed by atoms with Crippen LogP contribution in [0.25, 0.3) is 0 Å². The van der Waals surface area contributed by atoms with Crippen LogP contribution in [-0.4, -0.2) is 35.6 Å². The number of nitrogens with zero attached hydrogens (tertiary/aromatic N) is 2. The van der Waals surface area contributed by atoms with Crippen molar-refractivity contribution in [3.8, 4) is 11.5 Å². The van der Waals surface area contributed by atoms with Crippen molar-refractivity contribution in [3.63, 3.8) is 0 Å². The molecule has 1 aromatic heterocycles. The van der Waals surface area contributed by atoms with E-state index in [0.29, 0.717) is 5.75 Å². The average molecular weight is 353 g/mol. The molecule has 0 bridgehead atoms. The number of rotatable bonds is 7. The number of amides is 1. The molecule has 1 aromatic carbocycles. The van der Waals surface area contributed by atoms with E-state index in [-0.39, 0.29) is 17.2 Å².